The number of carbonyl (C=O) groups is 1. The molecule has 0 saturated heterocycles. The van der Waals surface area contributed by atoms with Gasteiger partial charge in [-0.1, -0.05) is 15.9 Å². The zero-order valence-corrected chi connectivity index (χ0v) is 9.88. The fourth-order valence-electron chi connectivity index (χ4n) is 1.57. The van der Waals surface area contributed by atoms with Crippen LogP contribution in [0.2, 0.25) is 0 Å². The third kappa shape index (κ3) is 1.47. The van der Waals surface area contributed by atoms with Crippen molar-refractivity contribution in [2.24, 2.45) is 0 Å². The van der Waals surface area contributed by atoms with Gasteiger partial charge in [-0.2, -0.15) is 0 Å². The molecule has 1 aromatic carbocycles. The van der Waals surface area contributed by atoms with Crippen LogP contribution in [0.4, 0.5) is 0 Å². The van der Waals surface area contributed by atoms with E-state index in [4.69, 9.17) is 14.2 Å². The molecule has 15 heavy (non-hydrogen) atoms. The topological polar surface area (TPSA) is 44.8 Å². The number of methoxy groups -OCH3 is 2. The molecule has 0 amide bonds. The van der Waals surface area contributed by atoms with Gasteiger partial charge < -0.3 is 14.2 Å². The Kier molecular flexibility index (Phi) is 2.56. The SMILES string of the molecule is COc1cc(Br)c2c(c1OC)C(=O)OC2. The maximum atomic E-state index is 11.5. The molecule has 0 aromatic heterocycles. The molecule has 0 radical (unpaired) electrons. The summed E-state index contributed by atoms with van der Waals surface area (Å²) in [7, 11) is 3.02. The third-order valence-corrected chi connectivity index (χ3v) is 2.98. The summed E-state index contributed by atoms with van der Waals surface area (Å²) in [5.41, 5.74) is 1.25. The first-order valence-corrected chi connectivity index (χ1v) is 5.08. The van der Waals surface area contributed by atoms with Crippen molar-refractivity contribution in [1.29, 1.82) is 0 Å². The minimum Gasteiger partial charge on any atom is -0.493 e. The van der Waals surface area contributed by atoms with Gasteiger partial charge in [-0.15, -0.1) is 0 Å². The zero-order chi connectivity index (χ0) is 11.0. The Morgan fingerprint density at radius 1 is 1.40 bits per heavy atom. The minimum atomic E-state index is -0.374. The van der Waals surface area contributed by atoms with Crippen molar-refractivity contribution in [2.45, 2.75) is 6.61 Å². The number of esters is 1. The van der Waals surface area contributed by atoms with E-state index in [9.17, 15) is 4.79 Å². The molecule has 1 aliphatic heterocycles. The van der Waals surface area contributed by atoms with Crippen molar-refractivity contribution < 1.29 is 19.0 Å². The van der Waals surface area contributed by atoms with Gasteiger partial charge >= 0.3 is 5.97 Å². The highest BCUT2D eigenvalue weighted by Gasteiger charge is 2.30. The van der Waals surface area contributed by atoms with Gasteiger partial charge in [-0.3, -0.25) is 0 Å². The van der Waals surface area contributed by atoms with E-state index in [1.807, 2.05) is 0 Å². The van der Waals surface area contributed by atoms with Crippen LogP contribution in [0.15, 0.2) is 10.5 Å². The zero-order valence-electron chi connectivity index (χ0n) is 8.30. The van der Waals surface area contributed by atoms with E-state index < -0.39 is 0 Å². The number of cyclic esters (lactones) is 1. The van der Waals surface area contributed by atoms with Crippen LogP contribution >= 0.6 is 15.9 Å². The van der Waals surface area contributed by atoms with Gasteiger partial charge in [-0.25, -0.2) is 4.79 Å². The maximum absolute atomic E-state index is 11.5. The average Bonchev–Trinajstić information content (AvgIpc) is 2.61. The quantitative estimate of drug-likeness (QED) is 0.774. The minimum absolute atomic E-state index is 0.273. The van der Waals surface area contributed by atoms with Crippen molar-refractivity contribution in [2.75, 3.05) is 14.2 Å². The average molecular weight is 273 g/mol. The number of carbonyl (C=O) groups excluding carboxylic acids is 1. The number of fused-ring (bicyclic) bond motifs is 1. The van der Waals surface area contributed by atoms with Crippen molar-refractivity contribution in [1.82, 2.24) is 0 Å². The van der Waals surface area contributed by atoms with Crippen molar-refractivity contribution in [3.05, 3.63) is 21.7 Å². The van der Waals surface area contributed by atoms with Crippen LogP contribution in [0.3, 0.4) is 0 Å². The molecule has 0 bridgehead atoms. The molecule has 1 aliphatic rings. The molecular weight excluding hydrogens is 264 g/mol. The summed E-state index contributed by atoms with van der Waals surface area (Å²) in [6.07, 6.45) is 0. The van der Waals surface area contributed by atoms with E-state index in [-0.39, 0.29) is 12.6 Å². The molecule has 0 spiro atoms. The number of hydrogen-bond acceptors (Lipinski definition) is 4. The van der Waals surface area contributed by atoms with Gasteiger partial charge in [0.15, 0.2) is 11.5 Å². The second-order valence-electron chi connectivity index (χ2n) is 3.02. The number of benzene rings is 1. The molecule has 1 heterocycles. The van der Waals surface area contributed by atoms with E-state index in [0.29, 0.717) is 17.1 Å². The summed E-state index contributed by atoms with van der Waals surface area (Å²) in [4.78, 5) is 11.5. The van der Waals surface area contributed by atoms with Crippen LogP contribution < -0.4 is 9.47 Å². The summed E-state index contributed by atoms with van der Waals surface area (Å²) < 4.78 is 16.0. The van der Waals surface area contributed by atoms with Crippen LogP contribution in [0, 0.1) is 0 Å². The smallest absolute Gasteiger partial charge is 0.342 e. The van der Waals surface area contributed by atoms with E-state index in [0.717, 1.165) is 10.0 Å². The monoisotopic (exact) mass is 272 g/mol. The Balaban J connectivity index is 2.71. The lowest BCUT2D eigenvalue weighted by molar-refractivity contribution is 0.0532. The molecule has 0 unspecified atom stereocenters. The first-order chi connectivity index (χ1) is 7.19. The maximum Gasteiger partial charge on any atom is 0.342 e. The highest BCUT2D eigenvalue weighted by molar-refractivity contribution is 9.10. The fourth-order valence-corrected chi connectivity index (χ4v) is 2.09. The van der Waals surface area contributed by atoms with Crippen LogP contribution in [0.25, 0.3) is 0 Å². The van der Waals surface area contributed by atoms with E-state index in [1.54, 1.807) is 6.07 Å². The second kappa shape index (κ2) is 3.73. The number of hydrogen-bond donors (Lipinski definition) is 0. The van der Waals surface area contributed by atoms with Crippen LogP contribution in [0.5, 0.6) is 11.5 Å². The molecule has 2 rings (SSSR count). The highest BCUT2D eigenvalue weighted by Crippen LogP contribution is 2.41. The Morgan fingerprint density at radius 2 is 2.13 bits per heavy atom. The summed E-state index contributed by atoms with van der Waals surface area (Å²) in [5.74, 6) is 0.571. The molecule has 0 N–H and O–H groups in total. The molecule has 5 heteroatoms. The second-order valence-corrected chi connectivity index (χ2v) is 3.88. The van der Waals surface area contributed by atoms with E-state index >= 15 is 0 Å². The molecule has 0 atom stereocenters. The molecule has 0 saturated carbocycles. The fraction of sp³-hybridized carbons (Fsp3) is 0.300. The van der Waals surface area contributed by atoms with Crippen molar-refractivity contribution in [3.8, 4) is 11.5 Å². The molecule has 4 nitrogen and oxygen atoms in total. The normalized spacial score (nSPS) is 13.4. The molecular formula is C10H9BrO4. The lowest BCUT2D eigenvalue weighted by Crippen LogP contribution is -2.01. The standard InChI is InChI=1S/C10H9BrO4/c1-13-7-3-6(11)5-4-15-10(12)8(5)9(7)14-2/h3H,4H2,1-2H3. The predicted molar refractivity (Wildman–Crippen MR) is 56.4 cm³/mol. The third-order valence-electron chi connectivity index (χ3n) is 2.27. The van der Waals surface area contributed by atoms with Crippen LogP contribution in [-0.4, -0.2) is 20.2 Å². The predicted octanol–water partition coefficient (Wildman–Crippen LogP) is 2.14. The lowest BCUT2D eigenvalue weighted by Gasteiger charge is -2.11. The van der Waals surface area contributed by atoms with Gasteiger partial charge in [0.1, 0.15) is 12.2 Å². The number of ether oxygens (including phenoxy) is 3. The Hall–Kier alpha value is -1.23. The Bertz CT molecular complexity index is 428. The number of halogens is 1. The van der Waals surface area contributed by atoms with Crippen molar-refractivity contribution >= 4 is 21.9 Å². The van der Waals surface area contributed by atoms with E-state index in [2.05, 4.69) is 15.9 Å². The van der Waals surface area contributed by atoms with Crippen LogP contribution in [0.1, 0.15) is 15.9 Å². The molecule has 1 aromatic rings. The number of rotatable bonds is 2. The Morgan fingerprint density at radius 3 is 2.73 bits per heavy atom. The molecule has 80 valence electrons. The molecule has 0 aliphatic carbocycles. The van der Waals surface area contributed by atoms with Crippen LogP contribution in [-0.2, 0) is 11.3 Å². The lowest BCUT2D eigenvalue weighted by atomic mass is 10.1. The van der Waals surface area contributed by atoms with Gasteiger partial charge in [0, 0.05) is 10.0 Å². The summed E-state index contributed by atoms with van der Waals surface area (Å²) >= 11 is 3.36. The highest BCUT2D eigenvalue weighted by atomic mass is 79.9. The first kappa shape index (κ1) is 10.3. The Labute approximate surface area is 95.3 Å². The van der Waals surface area contributed by atoms with Gasteiger partial charge in [0.05, 0.1) is 14.2 Å². The van der Waals surface area contributed by atoms with Gasteiger partial charge in [-0.05, 0) is 6.07 Å². The molecule has 0 fully saturated rings. The first-order valence-electron chi connectivity index (χ1n) is 4.29. The summed E-state index contributed by atoms with van der Waals surface area (Å²) in [5, 5.41) is 0. The van der Waals surface area contributed by atoms with Gasteiger partial charge in [0.25, 0.3) is 0 Å². The van der Waals surface area contributed by atoms with Gasteiger partial charge in [0.2, 0.25) is 0 Å². The van der Waals surface area contributed by atoms with Crippen molar-refractivity contribution in [3.63, 3.8) is 0 Å². The summed E-state index contributed by atoms with van der Waals surface area (Å²) in [6.45, 7) is 0.273. The summed E-state index contributed by atoms with van der Waals surface area (Å²) in [6, 6.07) is 1.76. The largest absolute Gasteiger partial charge is 0.493 e. The van der Waals surface area contributed by atoms with E-state index in [1.165, 1.54) is 14.2 Å².